The second-order valence-corrected chi connectivity index (χ2v) is 5.89. The summed E-state index contributed by atoms with van der Waals surface area (Å²) in [5.74, 6) is 1.17. The molecule has 3 nitrogen and oxygen atoms in total. The molecule has 0 aliphatic rings. The zero-order valence-electron chi connectivity index (χ0n) is 11.7. The maximum atomic E-state index is 6.02. The van der Waals surface area contributed by atoms with Crippen LogP contribution >= 0.6 is 11.8 Å². The first-order valence-electron chi connectivity index (χ1n) is 6.52. The summed E-state index contributed by atoms with van der Waals surface area (Å²) in [6.45, 7) is 4.22. The van der Waals surface area contributed by atoms with E-state index in [9.17, 15) is 0 Å². The fourth-order valence-electron chi connectivity index (χ4n) is 2.12. The highest BCUT2D eigenvalue weighted by Gasteiger charge is 2.08. The molecule has 0 spiro atoms. The van der Waals surface area contributed by atoms with E-state index < -0.39 is 0 Å². The molecular weight excluding hydrogens is 254 g/mol. The molecule has 0 aliphatic carbocycles. The largest absolute Gasteiger partial charge is 0.398 e. The third-order valence-corrected chi connectivity index (χ3v) is 3.87. The SMILES string of the molecule is CSCCC(C)Nc1ccc(N)c2cnc(C)cc12. The summed E-state index contributed by atoms with van der Waals surface area (Å²) in [6.07, 6.45) is 5.15. The Kier molecular flexibility index (Phi) is 4.53. The first-order valence-corrected chi connectivity index (χ1v) is 7.91. The maximum absolute atomic E-state index is 6.02. The van der Waals surface area contributed by atoms with Crippen LogP contribution in [0.25, 0.3) is 10.8 Å². The molecule has 1 unspecified atom stereocenters. The molecule has 0 aliphatic heterocycles. The molecule has 1 heterocycles. The minimum Gasteiger partial charge on any atom is -0.398 e. The molecule has 0 saturated heterocycles. The number of nitrogen functional groups attached to an aromatic ring is 1. The Labute approximate surface area is 119 Å². The predicted molar refractivity (Wildman–Crippen MR) is 87.0 cm³/mol. The van der Waals surface area contributed by atoms with Crippen LogP contribution in [0, 0.1) is 6.92 Å². The number of nitrogens with two attached hydrogens (primary N) is 1. The molecule has 0 radical (unpaired) electrons. The standard InChI is InChI=1S/C15H21N3S/c1-10(6-7-19-3)18-15-5-4-14(16)13-9-17-11(2)8-12(13)15/h4-5,8-10,18H,6-7,16H2,1-3H3. The quantitative estimate of drug-likeness (QED) is 0.817. The van der Waals surface area contributed by atoms with E-state index in [0.717, 1.165) is 34.3 Å². The van der Waals surface area contributed by atoms with Gasteiger partial charge in [0.05, 0.1) is 0 Å². The summed E-state index contributed by atoms with van der Waals surface area (Å²) < 4.78 is 0. The number of anilines is 2. The van der Waals surface area contributed by atoms with Crippen molar-refractivity contribution < 1.29 is 0 Å². The summed E-state index contributed by atoms with van der Waals surface area (Å²) in [6, 6.07) is 6.55. The normalized spacial score (nSPS) is 12.6. The Hall–Kier alpha value is -1.42. The van der Waals surface area contributed by atoms with Gasteiger partial charge in [0.1, 0.15) is 0 Å². The number of nitrogens with zero attached hydrogens (tertiary/aromatic N) is 1. The Morgan fingerprint density at radius 2 is 2.16 bits per heavy atom. The van der Waals surface area contributed by atoms with Crippen LogP contribution < -0.4 is 11.1 Å². The zero-order chi connectivity index (χ0) is 13.8. The van der Waals surface area contributed by atoms with Crippen molar-refractivity contribution >= 4 is 33.9 Å². The van der Waals surface area contributed by atoms with Gasteiger partial charge in [0.25, 0.3) is 0 Å². The van der Waals surface area contributed by atoms with E-state index in [-0.39, 0.29) is 0 Å². The smallest absolute Gasteiger partial charge is 0.0424 e. The van der Waals surface area contributed by atoms with E-state index >= 15 is 0 Å². The summed E-state index contributed by atoms with van der Waals surface area (Å²) in [4.78, 5) is 4.33. The van der Waals surface area contributed by atoms with Crippen molar-refractivity contribution in [1.29, 1.82) is 0 Å². The number of aromatic nitrogens is 1. The molecule has 1 aromatic carbocycles. The van der Waals surface area contributed by atoms with Crippen molar-refractivity contribution in [2.75, 3.05) is 23.1 Å². The van der Waals surface area contributed by atoms with E-state index in [2.05, 4.69) is 35.6 Å². The van der Waals surface area contributed by atoms with Crippen LogP contribution in [0.2, 0.25) is 0 Å². The van der Waals surface area contributed by atoms with Gasteiger partial charge >= 0.3 is 0 Å². The highest BCUT2D eigenvalue weighted by atomic mass is 32.2. The first-order chi connectivity index (χ1) is 9.11. The number of pyridine rings is 1. The molecule has 0 amide bonds. The highest BCUT2D eigenvalue weighted by molar-refractivity contribution is 7.98. The van der Waals surface area contributed by atoms with Crippen molar-refractivity contribution in [2.24, 2.45) is 0 Å². The van der Waals surface area contributed by atoms with Gasteiger partial charge in [-0.05, 0) is 50.5 Å². The molecule has 4 heteroatoms. The lowest BCUT2D eigenvalue weighted by Gasteiger charge is -2.17. The van der Waals surface area contributed by atoms with E-state index in [0.29, 0.717) is 6.04 Å². The monoisotopic (exact) mass is 275 g/mol. The lowest BCUT2D eigenvalue weighted by Crippen LogP contribution is -2.16. The summed E-state index contributed by atoms with van der Waals surface area (Å²) >= 11 is 1.88. The molecule has 19 heavy (non-hydrogen) atoms. The van der Waals surface area contributed by atoms with Gasteiger partial charge < -0.3 is 11.1 Å². The Morgan fingerprint density at radius 3 is 2.89 bits per heavy atom. The molecule has 0 bridgehead atoms. The molecule has 0 saturated carbocycles. The van der Waals surface area contributed by atoms with Crippen LogP contribution in [-0.4, -0.2) is 23.0 Å². The molecule has 2 aromatic rings. The van der Waals surface area contributed by atoms with Gasteiger partial charge in [-0.1, -0.05) is 0 Å². The Bertz CT molecular complexity index is 569. The molecule has 3 N–H and O–H groups in total. The van der Waals surface area contributed by atoms with Crippen LogP contribution in [0.15, 0.2) is 24.4 Å². The van der Waals surface area contributed by atoms with Crippen LogP contribution in [0.3, 0.4) is 0 Å². The van der Waals surface area contributed by atoms with Crippen molar-refractivity contribution in [3.05, 3.63) is 30.1 Å². The van der Waals surface area contributed by atoms with E-state index in [1.165, 1.54) is 5.75 Å². The third-order valence-electron chi connectivity index (χ3n) is 3.23. The van der Waals surface area contributed by atoms with E-state index in [1.54, 1.807) is 0 Å². The van der Waals surface area contributed by atoms with Crippen molar-refractivity contribution in [2.45, 2.75) is 26.3 Å². The number of hydrogen-bond acceptors (Lipinski definition) is 4. The molecule has 2 rings (SSSR count). The summed E-state index contributed by atoms with van der Waals surface area (Å²) in [5, 5.41) is 5.75. The van der Waals surface area contributed by atoms with Crippen molar-refractivity contribution in [3.8, 4) is 0 Å². The lowest BCUT2D eigenvalue weighted by atomic mass is 10.1. The van der Waals surface area contributed by atoms with E-state index in [4.69, 9.17) is 5.73 Å². The maximum Gasteiger partial charge on any atom is 0.0424 e. The topological polar surface area (TPSA) is 50.9 Å². The first kappa shape index (κ1) is 14.0. The van der Waals surface area contributed by atoms with Crippen LogP contribution in [0.5, 0.6) is 0 Å². The van der Waals surface area contributed by atoms with Crippen molar-refractivity contribution in [1.82, 2.24) is 4.98 Å². The number of fused-ring (bicyclic) bond motifs is 1. The number of aryl methyl sites for hydroxylation is 1. The predicted octanol–water partition coefficient (Wildman–Crippen LogP) is 3.68. The fraction of sp³-hybridized carbons (Fsp3) is 0.400. The average Bonchev–Trinajstić information content (AvgIpc) is 2.39. The van der Waals surface area contributed by atoms with Crippen LogP contribution in [0.1, 0.15) is 19.0 Å². The third kappa shape index (κ3) is 3.32. The molecule has 1 atom stereocenters. The molecule has 1 aromatic heterocycles. The minimum atomic E-state index is 0.452. The minimum absolute atomic E-state index is 0.452. The number of nitrogens with one attached hydrogen (secondary N) is 1. The van der Waals surface area contributed by atoms with Gasteiger partial charge in [-0.3, -0.25) is 4.98 Å². The van der Waals surface area contributed by atoms with Gasteiger partial charge in [-0.25, -0.2) is 0 Å². The van der Waals surface area contributed by atoms with Gasteiger partial charge in [0.15, 0.2) is 0 Å². The Morgan fingerprint density at radius 1 is 1.37 bits per heavy atom. The van der Waals surface area contributed by atoms with E-state index in [1.807, 2.05) is 30.9 Å². The summed E-state index contributed by atoms with van der Waals surface area (Å²) in [7, 11) is 0. The number of rotatable bonds is 5. The molecular formula is C15H21N3S. The number of hydrogen-bond donors (Lipinski definition) is 2. The summed E-state index contributed by atoms with van der Waals surface area (Å²) in [5.41, 5.74) is 8.95. The number of benzene rings is 1. The molecule has 102 valence electrons. The van der Waals surface area contributed by atoms with Gasteiger partial charge in [0.2, 0.25) is 0 Å². The Balaban J connectivity index is 2.32. The zero-order valence-corrected chi connectivity index (χ0v) is 12.6. The van der Waals surface area contributed by atoms with Gasteiger partial charge in [-0.15, -0.1) is 0 Å². The fourth-order valence-corrected chi connectivity index (χ4v) is 2.71. The second kappa shape index (κ2) is 6.15. The van der Waals surface area contributed by atoms with Crippen LogP contribution in [0.4, 0.5) is 11.4 Å². The molecule has 0 fully saturated rings. The average molecular weight is 275 g/mol. The van der Waals surface area contributed by atoms with Crippen LogP contribution in [-0.2, 0) is 0 Å². The number of thioether (sulfide) groups is 1. The van der Waals surface area contributed by atoms with Crippen molar-refractivity contribution in [3.63, 3.8) is 0 Å². The second-order valence-electron chi connectivity index (χ2n) is 4.90. The van der Waals surface area contributed by atoms with Gasteiger partial charge in [-0.2, -0.15) is 11.8 Å². The lowest BCUT2D eigenvalue weighted by molar-refractivity contribution is 0.773. The highest BCUT2D eigenvalue weighted by Crippen LogP contribution is 2.29. The van der Waals surface area contributed by atoms with Gasteiger partial charge in [0, 0.05) is 40.1 Å².